The van der Waals surface area contributed by atoms with Crippen LogP contribution in [0.2, 0.25) is 0 Å². The highest BCUT2D eigenvalue weighted by Crippen LogP contribution is 2.16. The molecule has 14 nitrogen and oxygen atoms in total. The average molecular weight is 663 g/mol. The van der Waals surface area contributed by atoms with Crippen molar-refractivity contribution in [3.8, 4) is 0 Å². The number of hydrogen-bond donors (Lipinski definition) is 6. The number of hydrogen-bond acceptors (Lipinski definition) is 8. The van der Waals surface area contributed by atoms with E-state index in [2.05, 4.69) is 26.6 Å². The largest absolute Gasteiger partial charge is 0.390 e. The van der Waals surface area contributed by atoms with Crippen LogP contribution in [0, 0.1) is 27.9 Å². The van der Waals surface area contributed by atoms with E-state index in [9.17, 15) is 39.2 Å². The molecule has 0 saturated heterocycles. The van der Waals surface area contributed by atoms with Crippen molar-refractivity contribution in [2.75, 3.05) is 6.54 Å². The summed E-state index contributed by atoms with van der Waals surface area (Å²) in [6.45, 7) is 15.0. The highest BCUT2D eigenvalue weighted by atomic mass is 16.6. The zero-order chi connectivity index (χ0) is 35.8. The summed E-state index contributed by atoms with van der Waals surface area (Å²) in [5.74, 6) is -3.19. The van der Waals surface area contributed by atoms with Crippen molar-refractivity contribution in [2.24, 2.45) is 17.8 Å². The zero-order valence-electron chi connectivity index (χ0n) is 28.9. The van der Waals surface area contributed by atoms with E-state index in [1.807, 2.05) is 27.7 Å². The summed E-state index contributed by atoms with van der Waals surface area (Å²) in [4.78, 5) is 75.9. The number of carbonyl (C=O) groups is 5. The fraction of sp³-hybridized carbons (Fsp3) is 0.667. The zero-order valence-corrected chi connectivity index (χ0v) is 28.9. The van der Waals surface area contributed by atoms with Crippen molar-refractivity contribution in [3.05, 3.63) is 39.9 Å². The molecule has 0 radical (unpaired) electrons. The Balaban J connectivity index is 3.10. The van der Waals surface area contributed by atoms with Crippen LogP contribution < -0.4 is 26.6 Å². The minimum Gasteiger partial charge on any atom is -0.390 e. The molecule has 0 aliphatic rings. The first-order valence-corrected chi connectivity index (χ1v) is 16.5. The van der Waals surface area contributed by atoms with Gasteiger partial charge in [-0.15, -0.1) is 0 Å². The third kappa shape index (κ3) is 13.7. The first kappa shape index (κ1) is 41.0. The molecule has 6 N–H and O–H groups in total. The lowest BCUT2D eigenvalue weighted by molar-refractivity contribution is -0.384. The number of rotatable bonds is 20. The van der Waals surface area contributed by atoms with Gasteiger partial charge < -0.3 is 31.7 Å². The number of nitrogens with one attached hydrogen (secondary N) is 5. The van der Waals surface area contributed by atoms with Crippen LogP contribution in [0.1, 0.15) is 97.9 Å². The third-order valence-electron chi connectivity index (χ3n) is 7.84. The van der Waals surface area contributed by atoms with Crippen LogP contribution in [0.3, 0.4) is 0 Å². The van der Waals surface area contributed by atoms with Gasteiger partial charge in [-0.3, -0.25) is 34.1 Å². The van der Waals surface area contributed by atoms with E-state index in [1.54, 1.807) is 27.7 Å². The van der Waals surface area contributed by atoms with Gasteiger partial charge in [-0.1, -0.05) is 67.4 Å². The molecule has 0 spiro atoms. The van der Waals surface area contributed by atoms with Crippen LogP contribution in [0.4, 0.5) is 5.69 Å². The monoisotopic (exact) mass is 662 g/mol. The minimum atomic E-state index is -1.27. The van der Waals surface area contributed by atoms with Gasteiger partial charge in [0.15, 0.2) is 0 Å². The molecule has 0 aliphatic heterocycles. The van der Waals surface area contributed by atoms with E-state index in [1.165, 1.54) is 18.2 Å². The topological polar surface area (TPSA) is 209 Å². The fourth-order valence-corrected chi connectivity index (χ4v) is 4.99. The van der Waals surface area contributed by atoms with Gasteiger partial charge in [0, 0.05) is 24.2 Å². The standard InChI is InChI=1S/C33H54N6O8/c1-9-13-24(35-33(45)29(21(8)10-2)38-30(42)22-14-12-15-23(17-22)39(46)47)31(43)36-25(16-19(4)5)26(40)18-27(41)37-28(20(6)7)32(44)34-11-3/h12,14-15,17,19-21,24-26,28-29,40H,9-11,13,16,18H2,1-8H3,(H,34,44)(H,35,45)(H,36,43)(H,37,41)(H,38,42)/t21-,24-,25-,26-,28-,29-/m0/s1. The van der Waals surface area contributed by atoms with E-state index in [4.69, 9.17) is 0 Å². The van der Waals surface area contributed by atoms with Crippen LogP contribution in [-0.4, -0.2) is 76.4 Å². The number of nitro groups is 1. The van der Waals surface area contributed by atoms with Crippen LogP contribution in [-0.2, 0) is 19.2 Å². The first-order chi connectivity index (χ1) is 22.1. The molecule has 6 atom stereocenters. The molecular formula is C33H54N6O8. The number of non-ortho nitro benzene ring substituents is 1. The Kier molecular flexibility index (Phi) is 17.6. The third-order valence-corrected chi connectivity index (χ3v) is 7.84. The van der Waals surface area contributed by atoms with Gasteiger partial charge >= 0.3 is 0 Å². The lowest BCUT2D eigenvalue weighted by Crippen LogP contribution is -2.58. The molecule has 264 valence electrons. The highest BCUT2D eigenvalue weighted by molar-refractivity contribution is 5.99. The van der Waals surface area contributed by atoms with Gasteiger partial charge in [-0.05, 0) is 43.6 Å². The van der Waals surface area contributed by atoms with Crippen molar-refractivity contribution < 1.29 is 34.0 Å². The van der Waals surface area contributed by atoms with E-state index < -0.39 is 58.8 Å². The molecule has 0 unspecified atom stereocenters. The molecular weight excluding hydrogens is 608 g/mol. The molecule has 0 aliphatic carbocycles. The van der Waals surface area contributed by atoms with Crippen molar-refractivity contribution in [2.45, 2.75) is 118 Å². The summed E-state index contributed by atoms with van der Waals surface area (Å²) in [6.07, 6.45) is 0.0139. The molecule has 1 aromatic rings. The van der Waals surface area contributed by atoms with E-state index in [-0.39, 0.29) is 47.8 Å². The molecule has 0 heterocycles. The van der Waals surface area contributed by atoms with Crippen molar-refractivity contribution >= 4 is 35.2 Å². The molecule has 0 aromatic heterocycles. The number of aliphatic hydroxyl groups excluding tert-OH is 1. The molecule has 14 heteroatoms. The van der Waals surface area contributed by atoms with E-state index in [0.29, 0.717) is 25.8 Å². The maximum Gasteiger partial charge on any atom is 0.270 e. The Bertz CT molecular complexity index is 1220. The Morgan fingerprint density at radius 1 is 0.872 bits per heavy atom. The molecule has 47 heavy (non-hydrogen) atoms. The van der Waals surface area contributed by atoms with Crippen LogP contribution in [0.5, 0.6) is 0 Å². The van der Waals surface area contributed by atoms with Gasteiger partial charge in [0.05, 0.1) is 23.5 Å². The van der Waals surface area contributed by atoms with Gasteiger partial charge in [-0.2, -0.15) is 0 Å². The summed E-state index contributed by atoms with van der Waals surface area (Å²) in [7, 11) is 0. The number of amides is 5. The number of nitro benzene ring substituents is 1. The van der Waals surface area contributed by atoms with Gasteiger partial charge in [0.2, 0.25) is 23.6 Å². The Hall–Kier alpha value is -4.07. The maximum atomic E-state index is 13.5. The summed E-state index contributed by atoms with van der Waals surface area (Å²) >= 11 is 0. The quantitative estimate of drug-likeness (QED) is 0.0901. The van der Waals surface area contributed by atoms with E-state index >= 15 is 0 Å². The molecule has 5 amide bonds. The summed E-state index contributed by atoms with van der Waals surface area (Å²) in [5.41, 5.74) is -0.248. The molecule has 1 rings (SSSR count). The average Bonchev–Trinajstić information content (AvgIpc) is 3.00. The predicted molar refractivity (Wildman–Crippen MR) is 178 cm³/mol. The predicted octanol–water partition coefficient (Wildman–Crippen LogP) is 2.58. The number of carbonyl (C=O) groups excluding carboxylic acids is 5. The number of benzene rings is 1. The van der Waals surface area contributed by atoms with Crippen molar-refractivity contribution in [3.63, 3.8) is 0 Å². The molecule has 0 fully saturated rings. The molecule has 1 aromatic carbocycles. The van der Waals surface area contributed by atoms with Crippen LogP contribution >= 0.6 is 0 Å². The van der Waals surface area contributed by atoms with Crippen molar-refractivity contribution in [1.29, 1.82) is 0 Å². The first-order valence-electron chi connectivity index (χ1n) is 16.5. The second-order valence-corrected chi connectivity index (χ2v) is 12.7. The second kappa shape index (κ2) is 20.2. The smallest absolute Gasteiger partial charge is 0.270 e. The lowest BCUT2D eigenvalue weighted by Gasteiger charge is -2.30. The number of nitrogens with zero attached hydrogens (tertiary/aromatic N) is 1. The fourth-order valence-electron chi connectivity index (χ4n) is 4.99. The highest BCUT2D eigenvalue weighted by Gasteiger charge is 2.33. The van der Waals surface area contributed by atoms with Gasteiger partial charge in [0.1, 0.15) is 18.1 Å². The summed E-state index contributed by atoms with van der Waals surface area (Å²) in [5, 5.41) is 35.8. The van der Waals surface area contributed by atoms with Gasteiger partial charge in [0.25, 0.3) is 11.6 Å². The molecule has 0 bridgehead atoms. The Morgan fingerprint density at radius 2 is 1.53 bits per heavy atom. The van der Waals surface area contributed by atoms with E-state index in [0.717, 1.165) is 6.07 Å². The van der Waals surface area contributed by atoms with Crippen LogP contribution in [0.25, 0.3) is 0 Å². The summed E-state index contributed by atoms with van der Waals surface area (Å²) < 4.78 is 0. The Labute approximate surface area is 277 Å². The maximum absolute atomic E-state index is 13.5. The minimum absolute atomic E-state index is 0.0170. The van der Waals surface area contributed by atoms with Crippen LogP contribution in [0.15, 0.2) is 24.3 Å². The summed E-state index contributed by atoms with van der Waals surface area (Å²) in [6, 6.07) is 1.50. The SMILES string of the molecule is CCC[C@H](NC(=O)[C@@H](NC(=O)c1cccc([N+](=O)[O-])c1)[C@@H](C)CC)C(=O)N[C@@H](CC(C)C)[C@@H](O)CC(=O)N[C@H](C(=O)NCC)C(C)C. The van der Waals surface area contributed by atoms with Crippen molar-refractivity contribution in [1.82, 2.24) is 26.6 Å². The normalized spacial score (nSPS) is 15.0. The van der Waals surface area contributed by atoms with Gasteiger partial charge in [-0.25, -0.2) is 0 Å². The Morgan fingerprint density at radius 3 is 2.06 bits per heavy atom. The lowest BCUT2D eigenvalue weighted by atomic mass is 9.95. The molecule has 0 saturated carbocycles. The number of likely N-dealkylation sites (N-methyl/N-ethyl adjacent to an activating group) is 1. The number of aliphatic hydroxyl groups is 1. The second-order valence-electron chi connectivity index (χ2n) is 12.7.